The van der Waals surface area contributed by atoms with E-state index in [0.29, 0.717) is 19.4 Å². The Labute approximate surface area is 137 Å². The highest BCUT2D eigenvalue weighted by Crippen LogP contribution is 2.01. The predicted octanol–water partition coefficient (Wildman–Crippen LogP) is 0.184. The van der Waals surface area contributed by atoms with Gasteiger partial charge >= 0.3 is 0 Å². The van der Waals surface area contributed by atoms with Crippen molar-refractivity contribution in [3.05, 3.63) is 35.9 Å². The van der Waals surface area contributed by atoms with Gasteiger partial charge in [0.2, 0.25) is 11.8 Å². The van der Waals surface area contributed by atoms with Crippen LogP contribution in [0.2, 0.25) is 0 Å². The van der Waals surface area contributed by atoms with Crippen molar-refractivity contribution < 1.29 is 14.3 Å². The Bertz CT molecular complexity index is 487. The zero-order chi connectivity index (χ0) is 16.3. The smallest absolute Gasteiger partial charge is 0.239 e. The van der Waals surface area contributed by atoms with Gasteiger partial charge in [-0.2, -0.15) is 0 Å². The molecule has 1 aliphatic rings. The van der Waals surface area contributed by atoms with Crippen molar-refractivity contribution in [2.45, 2.75) is 12.8 Å². The van der Waals surface area contributed by atoms with Gasteiger partial charge in [0.15, 0.2) is 0 Å². The maximum Gasteiger partial charge on any atom is 0.239 e. The van der Waals surface area contributed by atoms with Gasteiger partial charge in [0, 0.05) is 32.6 Å². The van der Waals surface area contributed by atoms with Crippen LogP contribution in [0, 0.1) is 0 Å². The van der Waals surface area contributed by atoms with Gasteiger partial charge in [0.05, 0.1) is 19.8 Å². The molecule has 0 unspecified atom stereocenters. The van der Waals surface area contributed by atoms with E-state index in [4.69, 9.17) is 4.74 Å². The Morgan fingerprint density at radius 1 is 1.04 bits per heavy atom. The van der Waals surface area contributed by atoms with Crippen LogP contribution in [0.4, 0.5) is 0 Å². The summed E-state index contributed by atoms with van der Waals surface area (Å²) >= 11 is 0. The van der Waals surface area contributed by atoms with Gasteiger partial charge in [-0.05, 0) is 12.0 Å². The molecule has 2 rings (SSSR count). The lowest BCUT2D eigenvalue weighted by atomic mass is 10.1. The third-order valence-electron chi connectivity index (χ3n) is 3.78. The highest BCUT2D eigenvalue weighted by molar-refractivity contribution is 5.84. The summed E-state index contributed by atoms with van der Waals surface area (Å²) in [6, 6.07) is 9.84. The summed E-state index contributed by atoms with van der Waals surface area (Å²) < 4.78 is 5.27. The van der Waals surface area contributed by atoms with E-state index >= 15 is 0 Å². The molecule has 0 aliphatic carbocycles. The summed E-state index contributed by atoms with van der Waals surface area (Å²) in [6.45, 7) is 4.78. The number of benzene rings is 1. The molecule has 1 aromatic rings. The van der Waals surface area contributed by atoms with E-state index in [-0.39, 0.29) is 18.4 Å². The minimum atomic E-state index is -0.147. The zero-order valence-electron chi connectivity index (χ0n) is 13.4. The fourth-order valence-corrected chi connectivity index (χ4v) is 2.41. The van der Waals surface area contributed by atoms with Gasteiger partial charge < -0.3 is 15.4 Å². The minimum Gasteiger partial charge on any atom is -0.379 e. The molecule has 1 saturated heterocycles. The van der Waals surface area contributed by atoms with E-state index in [1.807, 2.05) is 30.3 Å². The van der Waals surface area contributed by atoms with E-state index in [1.165, 1.54) is 0 Å². The number of carbonyl (C=O) groups is 2. The molecular formula is C17H25N3O3. The first-order valence-corrected chi connectivity index (χ1v) is 8.11. The maximum absolute atomic E-state index is 11.7. The first kappa shape index (κ1) is 17.4. The summed E-state index contributed by atoms with van der Waals surface area (Å²) in [7, 11) is 0. The quantitative estimate of drug-likeness (QED) is 0.717. The maximum atomic E-state index is 11.7. The van der Waals surface area contributed by atoms with Crippen molar-refractivity contribution in [1.82, 2.24) is 15.5 Å². The van der Waals surface area contributed by atoms with Crippen molar-refractivity contribution in [3.63, 3.8) is 0 Å². The van der Waals surface area contributed by atoms with Gasteiger partial charge in [0.25, 0.3) is 0 Å². The molecule has 1 aromatic carbocycles. The van der Waals surface area contributed by atoms with E-state index in [1.54, 1.807) is 0 Å². The first-order chi connectivity index (χ1) is 11.2. The standard InChI is InChI=1S/C17H25N3O3/c21-16(7-6-15-4-2-1-3-5-15)19-14-17(22)18-8-9-20-10-12-23-13-11-20/h1-5H,6-14H2,(H,18,22)(H,19,21). The number of nitrogens with zero attached hydrogens (tertiary/aromatic N) is 1. The van der Waals surface area contributed by atoms with E-state index < -0.39 is 0 Å². The van der Waals surface area contributed by atoms with E-state index in [9.17, 15) is 9.59 Å². The van der Waals surface area contributed by atoms with Crippen LogP contribution in [0.1, 0.15) is 12.0 Å². The number of amides is 2. The molecule has 0 atom stereocenters. The van der Waals surface area contributed by atoms with Crippen LogP contribution in [0.5, 0.6) is 0 Å². The molecule has 0 radical (unpaired) electrons. The molecule has 0 aromatic heterocycles. The van der Waals surface area contributed by atoms with Crippen LogP contribution in [0.3, 0.4) is 0 Å². The molecule has 0 saturated carbocycles. The second-order valence-corrected chi connectivity index (χ2v) is 5.57. The Morgan fingerprint density at radius 3 is 2.52 bits per heavy atom. The minimum absolute atomic E-state index is 0.0384. The van der Waals surface area contributed by atoms with Crippen molar-refractivity contribution in [2.24, 2.45) is 0 Å². The lowest BCUT2D eigenvalue weighted by Crippen LogP contribution is -2.43. The number of ether oxygens (including phenoxy) is 1. The predicted molar refractivity (Wildman–Crippen MR) is 88.0 cm³/mol. The number of morpholine rings is 1. The van der Waals surface area contributed by atoms with Crippen LogP contribution in [-0.2, 0) is 20.7 Å². The van der Waals surface area contributed by atoms with Crippen LogP contribution in [0.15, 0.2) is 30.3 Å². The fourth-order valence-electron chi connectivity index (χ4n) is 2.41. The van der Waals surface area contributed by atoms with Crippen molar-refractivity contribution >= 4 is 11.8 Å². The van der Waals surface area contributed by atoms with Crippen LogP contribution in [-0.4, -0.2) is 62.7 Å². The molecule has 6 nitrogen and oxygen atoms in total. The summed E-state index contributed by atoms with van der Waals surface area (Å²) in [5.41, 5.74) is 1.12. The Morgan fingerprint density at radius 2 is 1.78 bits per heavy atom. The zero-order valence-corrected chi connectivity index (χ0v) is 13.4. The average molecular weight is 319 g/mol. The summed E-state index contributed by atoms with van der Waals surface area (Å²) in [6.07, 6.45) is 1.08. The molecule has 0 bridgehead atoms. The van der Waals surface area contributed by atoms with Gasteiger partial charge in [-0.1, -0.05) is 30.3 Å². The SMILES string of the molecule is O=C(CCc1ccccc1)NCC(=O)NCCN1CCOCC1. The highest BCUT2D eigenvalue weighted by Gasteiger charge is 2.10. The van der Waals surface area contributed by atoms with Crippen LogP contribution < -0.4 is 10.6 Å². The fraction of sp³-hybridized carbons (Fsp3) is 0.529. The summed E-state index contributed by atoms with van der Waals surface area (Å²) in [5.74, 6) is -0.247. The molecular weight excluding hydrogens is 294 g/mol. The molecule has 6 heteroatoms. The molecule has 2 amide bonds. The molecule has 1 aliphatic heterocycles. The molecule has 23 heavy (non-hydrogen) atoms. The van der Waals surface area contributed by atoms with Crippen LogP contribution >= 0.6 is 0 Å². The van der Waals surface area contributed by atoms with Gasteiger partial charge in [-0.3, -0.25) is 14.5 Å². The number of nitrogens with one attached hydrogen (secondary N) is 2. The van der Waals surface area contributed by atoms with E-state index in [0.717, 1.165) is 38.4 Å². The Kier molecular flexibility index (Phi) is 7.56. The molecule has 1 fully saturated rings. The summed E-state index contributed by atoms with van der Waals surface area (Å²) in [5, 5.41) is 5.48. The normalized spacial score (nSPS) is 15.1. The van der Waals surface area contributed by atoms with E-state index in [2.05, 4.69) is 15.5 Å². The first-order valence-electron chi connectivity index (χ1n) is 8.11. The third kappa shape index (κ3) is 7.25. The monoisotopic (exact) mass is 319 g/mol. The topological polar surface area (TPSA) is 70.7 Å². The highest BCUT2D eigenvalue weighted by atomic mass is 16.5. The van der Waals surface area contributed by atoms with Gasteiger partial charge in [-0.25, -0.2) is 0 Å². The number of rotatable bonds is 8. The van der Waals surface area contributed by atoms with Crippen LogP contribution in [0.25, 0.3) is 0 Å². The lowest BCUT2D eigenvalue weighted by molar-refractivity contribution is -0.126. The number of carbonyl (C=O) groups excluding carboxylic acids is 2. The number of aryl methyl sites for hydroxylation is 1. The molecule has 126 valence electrons. The second kappa shape index (κ2) is 9.97. The van der Waals surface area contributed by atoms with Crippen molar-refractivity contribution in [3.8, 4) is 0 Å². The molecule has 0 spiro atoms. The number of hydrogen-bond acceptors (Lipinski definition) is 4. The summed E-state index contributed by atoms with van der Waals surface area (Å²) in [4.78, 5) is 25.7. The van der Waals surface area contributed by atoms with Gasteiger partial charge in [0.1, 0.15) is 0 Å². The molecule has 2 N–H and O–H groups in total. The average Bonchev–Trinajstić information content (AvgIpc) is 2.60. The van der Waals surface area contributed by atoms with Crippen molar-refractivity contribution in [1.29, 1.82) is 0 Å². The second-order valence-electron chi connectivity index (χ2n) is 5.57. The third-order valence-corrected chi connectivity index (χ3v) is 3.78. The van der Waals surface area contributed by atoms with Gasteiger partial charge in [-0.15, -0.1) is 0 Å². The lowest BCUT2D eigenvalue weighted by Gasteiger charge is -2.26. The molecule has 1 heterocycles. The van der Waals surface area contributed by atoms with Crippen molar-refractivity contribution in [2.75, 3.05) is 45.9 Å². The number of hydrogen-bond donors (Lipinski definition) is 2. The Balaban J connectivity index is 1.52. The largest absolute Gasteiger partial charge is 0.379 e. The Hall–Kier alpha value is -1.92.